The monoisotopic (exact) mass is 348 g/mol. The van der Waals surface area contributed by atoms with Crippen molar-refractivity contribution in [3.63, 3.8) is 0 Å². The van der Waals surface area contributed by atoms with E-state index < -0.39 is 0 Å². The molecule has 2 aliphatic rings. The van der Waals surface area contributed by atoms with E-state index in [1.165, 1.54) is 49.1 Å². The first-order valence-electron chi connectivity index (χ1n) is 10.3. The van der Waals surface area contributed by atoms with Gasteiger partial charge in [-0.3, -0.25) is 14.5 Å². The third kappa shape index (κ3) is 4.26. The Kier molecular flexibility index (Phi) is 6.53. The highest BCUT2D eigenvalue weighted by Gasteiger charge is 2.32. The van der Waals surface area contributed by atoms with Crippen molar-refractivity contribution in [2.75, 3.05) is 26.2 Å². The summed E-state index contributed by atoms with van der Waals surface area (Å²) in [4.78, 5) is 5.30. The van der Waals surface area contributed by atoms with Crippen molar-refractivity contribution in [3.05, 3.63) is 17.0 Å². The summed E-state index contributed by atoms with van der Waals surface area (Å²) in [6.45, 7) is 12.1. The van der Waals surface area contributed by atoms with Gasteiger partial charge in [-0.1, -0.05) is 19.3 Å². The van der Waals surface area contributed by atoms with E-state index in [0.29, 0.717) is 12.6 Å². The smallest absolute Gasteiger partial charge is 0.0641 e. The lowest BCUT2D eigenvalue weighted by molar-refractivity contribution is 0.0135. The van der Waals surface area contributed by atoms with Crippen LogP contribution in [0.25, 0.3) is 0 Å². The van der Waals surface area contributed by atoms with Crippen LogP contribution in [0.1, 0.15) is 62.4 Å². The summed E-state index contributed by atoms with van der Waals surface area (Å²) in [6.07, 6.45) is 7.77. The van der Waals surface area contributed by atoms with E-state index in [-0.39, 0.29) is 0 Å². The predicted molar refractivity (Wildman–Crippen MR) is 102 cm³/mol. The maximum Gasteiger partial charge on any atom is 0.0641 e. The van der Waals surface area contributed by atoms with Crippen LogP contribution < -0.4 is 0 Å². The van der Waals surface area contributed by atoms with Crippen molar-refractivity contribution in [1.29, 1.82) is 0 Å². The van der Waals surface area contributed by atoms with E-state index in [9.17, 15) is 5.11 Å². The number of aliphatic hydroxyl groups excluding tert-OH is 1. The summed E-state index contributed by atoms with van der Waals surface area (Å²) in [6, 6.07) is 1.25. The highest BCUT2D eigenvalue weighted by molar-refractivity contribution is 5.24. The zero-order chi connectivity index (χ0) is 17.8. The standard InChI is InChI=1S/C20H36N4O/c1-4-24-17(3)20(16(2)21-24)15-22-11-12-23(19(14-22)10-13-25)18-8-6-5-7-9-18/h18-19,25H,4-15H2,1-3H3/t19-/m1/s1. The number of aryl methyl sites for hydroxylation is 2. The van der Waals surface area contributed by atoms with Gasteiger partial charge in [-0.2, -0.15) is 5.10 Å². The first-order chi connectivity index (χ1) is 12.1. The van der Waals surface area contributed by atoms with Gasteiger partial charge in [0, 0.05) is 62.7 Å². The maximum absolute atomic E-state index is 9.58. The van der Waals surface area contributed by atoms with Crippen molar-refractivity contribution in [1.82, 2.24) is 19.6 Å². The fraction of sp³-hybridized carbons (Fsp3) is 0.850. The van der Waals surface area contributed by atoms with Crippen LogP contribution in [0.3, 0.4) is 0 Å². The molecule has 0 amide bonds. The molecule has 1 aromatic rings. The molecule has 1 N–H and O–H groups in total. The Morgan fingerprint density at radius 3 is 2.52 bits per heavy atom. The quantitative estimate of drug-likeness (QED) is 0.858. The van der Waals surface area contributed by atoms with Crippen LogP contribution >= 0.6 is 0 Å². The van der Waals surface area contributed by atoms with Crippen LogP contribution in [0, 0.1) is 13.8 Å². The van der Waals surface area contributed by atoms with Crippen LogP contribution in [0.4, 0.5) is 0 Å². The van der Waals surface area contributed by atoms with Gasteiger partial charge in [-0.15, -0.1) is 0 Å². The predicted octanol–water partition coefficient (Wildman–Crippen LogP) is 2.72. The summed E-state index contributed by atoms with van der Waals surface area (Å²) < 4.78 is 2.12. The molecule has 0 unspecified atom stereocenters. The second kappa shape index (κ2) is 8.65. The molecule has 142 valence electrons. The van der Waals surface area contributed by atoms with Crippen LogP contribution in [-0.2, 0) is 13.1 Å². The molecule has 0 aromatic carbocycles. The Labute approximate surface area is 153 Å². The molecule has 0 radical (unpaired) electrons. The fourth-order valence-electron chi connectivity index (χ4n) is 4.87. The summed E-state index contributed by atoms with van der Waals surface area (Å²) in [5, 5.41) is 14.3. The minimum absolute atomic E-state index is 0.299. The van der Waals surface area contributed by atoms with E-state index in [2.05, 4.69) is 40.4 Å². The van der Waals surface area contributed by atoms with Gasteiger partial charge in [0.2, 0.25) is 0 Å². The van der Waals surface area contributed by atoms with Crippen LogP contribution in [0.5, 0.6) is 0 Å². The molecule has 25 heavy (non-hydrogen) atoms. The Hall–Kier alpha value is -0.910. The fourth-order valence-corrected chi connectivity index (χ4v) is 4.87. The lowest BCUT2D eigenvalue weighted by Crippen LogP contribution is -2.56. The number of hydrogen-bond donors (Lipinski definition) is 1. The van der Waals surface area contributed by atoms with E-state index in [1.807, 2.05) is 0 Å². The van der Waals surface area contributed by atoms with E-state index in [1.54, 1.807) is 0 Å². The van der Waals surface area contributed by atoms with E-state index in [0.717, 1.165) is 45.2 Å². The minimum Gasteiger partial charge on any atom is -0.396 e. The van der Waals surface area contributed by atoms with Crippen LogP contribution in [0.2, 0.25) is 0 Å². The Bertz CT molecular complexity index is 550. The van der Waals surface area contributed by atoms with Crippen LogP contribution in [-0.4, -0.2) is 63.0 Å². The van der Waals surface area contributed by atoms with Crippen molar-refractivity contribution < 1.29 is 5.11 Å². The van der Waals surface area contributed by atoms with Crippen molar-refractivity contribution in [2.45, 2.75) is 84.5 Å². The molecule has 1 aliphatic heterocycles. The van der Waals surface area contributed by atoms with E-state index >= 15 is 0 Å². The average Bonchev–Trinajstić information content (AvgIpc) is 2.90. The van der Waals surface area contributed by atoms with Gasteiger partial charge in [0.1, 0.15) is 0 Å². The van der Waals surface area contributed by atoms with Gasteiger partial charge in [0.15, 0.2) is 0 Å². The molecular weight excluding hydrogens is 312 g/mol. The Balaban J connectivity index is 1.66. The Morgan fingerprint density at radius 2 is 1.88 bits per heavy atom. The Morgan fingerprint density at radius 1 is 1.12 bits per heavy atom. The first kappa shape index (κ1) is 18.9. The highest BCUT2D eigenvalue weighted by Crippen LogP contribution is 2.28. The summed E-state index contributed by atoms with van der Waals surface area (Å²) >= 11 is 0. The van der Waals surface area contributed by atoms with Gasteiger partial charge < -0.3 is 5.11 Å². The molecule has 1 saturated heterocycles. The molecule has 1 aromatic heterocycles. The molecule has 5 heteroatoms. The van der Waals surface area contributed by atoms with Gasteiger partial charge in [-0.25, -0.2) is 0 Å². The van der Waals surface area contributed by atoms with E-state index in [4.69, 9.17) is 0 Å². The number of piperazine rings is 1. The number of aromatic nitrogens is 2. The summed E-state index contributed by atoms with van der Waals surface area (Å²) in [5.41, 5.74) is 3.89. The molecule has 5 nitrogen and oxygen atoms in total. The molecular formula is C20H36N4O. The number of rotatable bonds is 6. The first-order valence-corrected chi connectivity index (χ1v) is 10.3. The molecule has 1 aliphatic carbocycles. The largest absolute Gasteiger partial charge is 0.396 e. The average molecular weight is 349 g/mol. The third-order valence-corrected chi connectivity index (χ3v) is 6.33. The lowest BCUT2D eigenvalue weighted by Gasteiger charge is -2.46. The second-order valence-electron chi connectivity index (χ2n) is 7.90. The van der Waals surface area contributed by atoms with Gasteiger partial charge in [0.05, 0.1) is 5.69 Å². The zero-order valence-corrected chi connectivity index (χ0v) is 16.4. The SMILES string of the molecule is CCn1nc(C)c(CN2CCN(C3CCCCC3)[C@H](CCO)C2)c1C. The van der Waals surface area contributed by atoms with Crippen molar-refractivity contribution in [2.24, 2.45) is 0 Å². The second-order valence-corrected chi connectivity index (χ2v) is 7.90. The topological polar surface area (TPSA) is 44.5 Å². The minimum atomic E-state index is 0.299. The summed E-state index contributed by atoms with van der Waals surface area (Å²) in [7, 11) is 0. The van der Waals surface area contributed by atoms with Gasteiger partial charge >= 0.3 is 0 Å². The molecule has 1 atom stereocenters. The molecule has 2 heterocycles. The molecule has 1 saturated carbocycles. The molecule has 0 bridgehead atoms. The third-order valence-electron chi connectivity index (χ3n) is 6.33. The zero-order valence-electron chi connectivity index (χ0n) is 16.4. The van der Waals surface area contributed by atoms with Crippen LogP contribution in [0.15, 0.2) is 0 Å². The van der Waals surface area contributed by atoms with Crippen molar-refractivity contribution in [3.8, 4) is 0 Å². The number of nitrogens with zero attached hydrogens (tertiary/aromatic N) is 4. The van der Waals surface area contributed by atoms with Gasteiger partial charge in [-0.05, 0) is 40.0 Å². The summed E-state index contributed by atoms with van der Waals surface area (Å²) in [5.74, 6) is 0. The molecule has 2 fully saturated rings. The lowest BCUT2D eigenvalue weighted by atomic mass is 9.91. The number of aliphatic hydroxyl groups is 1. The van der Waals surface area contributed by atoms with Gasteiger partial charge in [0.25, 0.3) is 0 Å². The molecule has 0 spiro atoms. The maximum atomic E-state index is 9.58. The number of hydrogen-bond acceptors (Lipinski definition) is 4. The highest BCUT2D eigenvalue weighted by atomic mass is 16.3. The molecule has 3 rings (SSSR count). The normalized spacial score (nSPS) is 24.1. The van der Waals surface area contributed by atoms with Crippen molar-refractivity contribution >= 4 is 0 Å².